The summed E-state index contributed by atoms with van der Waals surface area (Å²) in [5.74, 6) is 0.795. The molecule has 0 atom stereocenters. The van der Waals surface area contributed by atoms with E-state index < -0.39 is 0 Å². The van der Waals surface area contributed by atoms with Gasteiger partial charge in [0.15, 0.2) is 0 Å². The molecule has 0 aromatic heterocycles. The van der Waals surface area contributed by atoms with Crippen molar-refractivity contribution >= 4 is 39.4 Å². The molecule has 94 valence electrons. The van der Waals surface area contributed by atoms with Crippen molar-refractivity contribution in [3.63, 3.8) is 0 Å². The van der Waals surface area contributed by atoms with E-state index in [0.717, 1.165) is 10.8 Å². The van der Waals surface area contributed by atoms with Crippen molar-refractivity contribution in [2.24, 2.45) is 0 Å². The van der Waals surface area contributed by atoms with E-state index in [1.807, 2.05) is 13.8 Å². The van der Waals surface area contributed by atoms with Crippen LogP contribution in [0.25, 0.3) is 0 Å². The smallest absolute Gasteiger partial charge is 0.405 e. The summed E-state index contributed by atoms with van der Waals surface area (Å²) in [5, 5.41) is 0. The molecule has 0 bridgehead atoms. The SMILES string of the molecule is CC.COB(I)OSc1cccc(C2CC2)c1. The average molecular weight is 364 g/mol. The highest BCUT2D eigenvalue weighted by atomic mass is 127. The molecule has 0 N–H and O–H groups in total. The van der Waals surface area contributed by atoms with Crippen LogP contribution in [0.2, 0.25) is 0 Å². The fourth-order valence-electron chi connectivity index (χ4n) is 1.37. The Labute approximate surface area is 122 Å². The molecule has 17 heavy (non-hydrogen) atoms. The summed E-state index contributed by atoms with van der Waals surface area (Å²) in [5.41, 5.74) is 1.44. The first-order valence-corrected chi connectivity index (χ1v) is 7.88. The number of halogens is 1. The van der Waals surface area contributed by atoms with Crippen LogP contribution < -0.4 is 0 Å². The molecule has 0 radical (unpaired) electrons. The number of benzene rings is 1. The van der Waals surface area contributed by atoms with Crippen LogP contribution in [0.15, 0.2) is 29.2 Å². The standard InChI is InChI=1S/C10H12BIO2S.C2H6/c1-13-11(12)14-15-10-4-2-3-9(7-10)8-5-6-8;1-2/h2-4,7-8H,5-6H2,1H3;1-2H3. The molecule has 1 aliphatic carbocycles. The number of hydrogen-bond acceptors (Lipinski definition) is 3. The molecule has 0 unspecified atom stereocenters. The maximum Gasteiger partial charge on any atom is 0.543 e. The largest absolute Gasteiger partial charge is 0.543 e. The van der Waals surface area contributed by atoms with Crippen molar-refractivity contribution in [3.8, 4) is 0 Å². The first kappa shape index (κ1) is 15.3. The fraction of sp³-hybridized carbons (Fsp3) is 0.500. The highest BCUT2D eigenvalue weighted by Gasteiger charge is 2.23. The molecule has 1 fully saturated rings. The van der Waals surface area contributed by atoms with Gasteiger partial charge in [-0.25, -0.2) is 0 Å². The van der Waals surface area contributed by atoms with E-state index in [1.165, 1.54) is 30.4 Å². The lowest BCUT2D eigenvalue weighted by molar-refractivity contribution is 0.379. The Hall–Kier alpha value is 0.285. The zero-order valence-corrected chi connectivity index (χ0v) is 13.5. The molecule has 0 saturated heterocycles. The van der Waals surface area contributed by atoms with Gasteiger partial charge in [-0.05, 0) is 36.5 Å². The van der Waals surface area contributed by atoms with Crippen LogP contribution in [0, 0.1) is 0 Å². The Balaban J connectivity index is 0.000000686. The molecule has 0 amide bonds. The summed E-state index contributed by atoms with van der Waals surface area (Å²) < 4.78 is 10.4. The third-order valence-electron chi connectivity index (χ3n) is 2.31. The van der Waals surface area contributed by atoms with Gasteiger partial charge in [0, 0.05) is 24.0 Å². The molecular formula is C12H18BIO2S. The van der Waals surface area contributed by atoms with Gasteiger partial charge >= 0.3 is 4.97 Å². The highest BCUT2D eigenvalue weighted by Crippen LogP contribution is 2.41. The van der Waals surface area contributed by atoms with Gasteiger partial charge in [-0.2, -0.15) is 0 Å². The molecule has 2 nitrogen and oxygen atoms in total. The second kappa shape index (κ2) is 8.40. The molecular weight excluding hydrogens is 346 g/mol. The van der Waals surface area contributed by atoms with Gasteiger partial charge in [0.25, 0.3) is 0 Å². The van der Waals surface area contributed by atoms with E-state index in [0.29, 0.717) is 0 Å². The zero-order valence-electron chi connectivity index (χ0n) is 10.5. The maximum absolute atomic E-state index is 5.41. The third kappa shape index (κ3) is 5.63. The molecule has 5 heteroatoms. The van der Waals surface area contributed by atoms with E-state index in [-0.39, 0.29) is 4.97 Å². The molecule has 1 saturated carbocycles. The fourth-order valence-corrected chi connectivity index (χ4v) is 2.26. The van der Waals surface area contributed by atoms with Crippen LogP contribution >= 0.6 is 34.4 Å². The van der Waals surface area contributed by atoms with Crippen molar-refractivity contribution in [2.45, 2.75) is 37.5 Å². The van der Waals surface area contributed by atoms with Crippen molar-refractivity contribution in [1.29, 1.82) is 0 Å². The minimum absolute atomic E-state index is 0.197. The van der Waals surface area contributed by atoms with Gasteiger partial charge in [-0.15, -0.1) is 0 Å². The Morgan fingerprint density at radius 3 is 2.65 bits per heavy atom. The maximum atomic E-state index is 5.41. The molecule has 0 aliphatic heterocycles. The second-order valence-electron chi connectivity index (χ2n) is 3.54. The van der Waals surface area contributed by atoms with Gasteiger partial charge in [-0.1, -0.05) is 48.4 Å². The van der Waals surface area contributed by atoms with Gasteiger partial charge in [0.1, 0.15) is 0 Å². The molecule has 1 aromatic rings. The van der Waals surface area contributed by atoms with E-state index in [4.69, 9.17) is 8.75 Å². The topological polar surface area (TPSA) is 18.5 Å². The summed E-state index contributed by atoms with van der Waals surface area (Å²) in [7, 11) is 1.64. The predicted molar refractivity (Wildman–Crippen MR) is 83.5 cm³/mol. The van der Waals surface area contributed by atoms with E-state index in [1.54, 1.807) is 7.11 Å². The quantitative estimate of drug-likeness (QED) is 0.430. The van der Waals surface area contributed by atoms with Crippen LogP contribution in [-0.2, 0) is 8.75 Å². The summed E-state index contributed by atoms with van der Waals surface area (Å²) in [4.78, 5) is 0.954. The first-order chi connectivity index (χ1) is 8.29. The predicted octanol–water partition coefficient (Wildman–Crippen LogP) is 4.68. The highest BCUT2D eigenvalue weighted by molar-refractivity contribution is 14.1. The van der Waals surface area contributed by atoms with E-state index in [9.17, 15) is 0 Å². The number of rotatable bonds is 5. The first-order valence-electron chi connectivity index (χ1n) is 5.90. The van der Waals surface area contributed by atoms with E-state index >= 15 is 0 Å². The lowest BCUT2D eigenvalue weighted by Gasteiger charge is -2.05. The Morgan fingerprint density at radius 2 is 2.06 bits per heavy atom. The van der Waals surface area contributed by atoms with Gasteiger partial charge in [0.05, 0.1) is 0 Å². The second-order valence-corrected chi connectivity index (χ2v) is 5.38. The summed E-state index contributed by atoms with van der Waals surface area (Å²) >= 11 is 3.48. The molecule has 1 aromatic carbocycles. The molecule has 1 aliphatic rings. The van der Waals surface area contributed by atoms with Crippen LogP contribution in [0.1, 0.15) is 38.2 Å². The molecule has 0 spiro atoms. The van der Waals surface area contributed by atoms with Gasteiger partial charge in [0.2, 0.25) is 0 Å². The minimum atomic E-state index is -0.197. The molecule has 2 rings (SSSR count). The van der Waals surface area contributed by atoms with Crippen LogP contribution in [0.3, 0.4) is 0 Å². The Kier molecular flexibility index (Phi) is 7.58. The minimum Gasteiger partial charge on any atom is -0.405 e. The number of hydrogen-bond donors (Lipinski definition) is 0. The van der Waals surface area contributed by atoms with E-state index in [2.05, 4.69) is 46.6 Å². The Morgan fingerprint density at radius 1 is 1.35 bits per heavy atom. The zero-order chi connectivity index (χ0) is 12.7. The third-order valence-corrected chi connectivity index (χ3v) is 4.14. The lowest BCUT2D eigenvalue weighted by Crippen LogP contribution is -2.07. The van der Waals surface area contributed by atoms with Crippen molar-refractivity contribution in [1.82, 2.24) is 0 Å². The summed E-state index contributed by atoms with van der Waals surface area (Å²) in [6.45, 7) is 4.00. The van der Waals surface area contributed by atoms with Crippen molar-refractivity contribution < 1.29 is 8.75 Å². The van der Waals surface area contributed by atoms with Crippen LogP contribution in [0.4, 0.5) is 0 Å². The summed E-state index contributed by atoms with van der Waals surface area (Å²) in [6, 6.07) is 8.56. The van der Waals surface area contributed by atoms with Gasteiger partial charge < -0.3 is 8.75 Å². The van der Waals surface area contributed by atoms with Crippen molar-refractivity contribution in [3.05, 3.63) is 29.8 Å². The van der Waals surface area contributed by atoms with Gasteiger partial charge in [-0.3, -0.25) is 0 Å². The lowest BCUT2D eigenvalue weighted by atomic mass is 10.1. The van der Waals surface area contributed by atoms with Crippen LogP contribution in [0.5, 0.6) is 0 Å². The molecule has 0 heterocycles. The van der Waals surface area contributed by atoms with Crippen molar-refractivity contribution in [2.75, 3.05) is 7.11 Å². The normalized spacial score (nSPS) is 13.9. The summed E-state index contributed by atoms with van der Waals surface area (Å²) in [6.07, 6.45) is 2.67. The average Bonchev–Trinajstić information content (AvgIpc) is 3.23. The monoisotopic (exact) mass is 364 g/mol. The van der Waals surface area contributed by atoms with Crippen LogP contribution in [-0.4, -0.2) is 12.1 Å². The Bertz CT molecular complexity index is 334.